The van der Waals surface area contributed by atoms with Gasteiger partial charge in [0.25, 0.3) is 11.8 Å². The van der Waals surface area contributed by atoms with E-state index in [-0.39, 0.29) is 11.5 Å². The summed E-state index contributed by atoms with van der Waals surface area (Å²) in [4.78, 5) is 49.4. The van der Waals surface area contributed by atoms with Crippen LogP contribution in [0, 0.1) is 0 Å². The lowest BCUT2D eigenvalue weighted by Gasteiger charge is -2.36. The van der Waals surface area contributed by atoms with E-state index in [2.05, 4.69) is 36.2 Å². The van der Waals surface area contributed by atoms with Gasteiger partial charge >= 0.3 is 0 Å². The molecule has 5 heterocycles. The van der Waals surface area contributed by atoms with Crippen LogP contribution in [0.5, 0.6) is 11.5 Å². The van der Waals surface area contributed by atoms with Crippen molar-refractivity contribution in [3.8, 4) is 22.8 Å². The van der Waals surface area contributed by atoms with Crippen molar-refractivity contribution in [2.45, 2.75) is 63.8 Å². The Hall–Kier alpha value is -6.20. The number of methoxy groups -OCH3 is 1. The van der Waals surface area contributed by atoms with E-state index in [0.717, 1.165) is 97.7 Å². The van der Waals surface area contributed by atoms with E-state index in [9.17, 15) is 22.8 Å². The summed E-state index contributed by atoms with van der Waals surface area (Å²) in [5.74, 6) is 0.346. The fourth-order valence-electron chi connectivity index (χ4n) is 8.65. The number of anilines is 4. The maximum absolute atomic E-state index is 13.3. The number of nitrogens with zero attached hydrogens (tertiary/aromatic N) is 6. The van der Waals surface area contributed by atoms with Gasteiger partial charge in [-0.15, -0.1) is 5.10 Å². The Bertz CT molecular complexity index is 2570. The number of rotatable bonds is 19. The molecule has 0 bridgehead atoms. The number of imide groups is 1. The average Bonchev–Trinajstić information content (AvgIpc) is 3.81. The number of nitrogens with one attached hydrogen (secondary N) is 3. The van der Waals surface area contributed by atoms with E-state index in [0.29, 0.717) is 48.3 Å². The number of benzene rings is 3. The van der Waals surface area contributed by atoms with Crippen LogP contribution in [0.4, 0.5) is 23.0 Å². The number of fused-ring (bicyclic) bond motifs is 2. The van der Waals surface area contributed by atoms with Crippen molar-refractivity contribution in [3.05, 3.63) is 90.1 Å². The van der Waals surface area contributed by atoms with E-state index in [1.165, 1.54) is 25.7 Å². The zero-order chi connectivity index (χ0) is 43.9. The lowest BCUT2D eigenvalue weighted by atomic mass is 10.1. The van der Waals surface area contributed by atoms with Gasteiger partial charge in [0.2, 0.25) is 21.9 Å². The first-order valence-electron chi connectivity index (χ1n) is 21.8. The first-order chi connectivity index (χ1) is 30.6. The SMILES string of the molecule is COc1cc(N2CCN(CCCCCCCCCOc3cccc4c3C(=O)N(C3CCCNC3=O)C4=O)CC2)ccc1Nc1ncc2ccc(-c3cccc(NS(C)(=O)=O)c3)n2n1. The van der Waals surface area contributed by atoms with Crippen LogP contribution in [0.1, 0.15) is 78.5 Å². The molecule has 17 heteroatoms. The first kappa shape index (κ1) is 43.4. The molecule has 3 aromatic carbocycles. The van der Waals surface area contributed by atoms with E-state index in [4.69, 9.17) is 14.6 Å². The molecule has 3 aliphatic heterocycles. The van der Waals surface area contributed by atoms with Crippen LogP contribution in [-0.2, 0) is 14.8 Å². The molecule has 3 amide bonds. The number of hydrogen-bond donors (Lipinski definition) is 3. The Balaban J connectivity index is 0.733. The number of amides is 3. The van der Waals surface area contributed by atoms with Gasteiger partial charge in [-0.2, -0.15) is 0 Å². The molecule has 1 unspecified atom stereocenters. The highest BCUT2D eigenvalue weighted by atomic mass is 32.2. The fraction of sp³-hybridized carbons (Fsp3) is 0.413. The highest BCUT2D eigenvalue weighted by Crippen LogP contribution is 2.35. The number of hydrogen-bond acceptors (Lipinski definition) is 12. The zero-order valence-corrected chi connectivity index (χ0v) is 36.7. The number of sulfonamides is 1. The van der Waals surface area contributed by atoms with Crippen molar-refractivity contribution >= 4 is 56.3 Å². The van der Waals surface area contributed by atoms with Gasteiger partial charge in [0.1, 0.15) is 17.5 Å². The van der Waals surface area contributed by atoms with E-state index < -0.39 is 27.9 Å². The zero-order valence-electron chi connectivity index (χ0n) is 35.8. The van der Waals surface area contributed by atoms with Gasteiger partial charge in [0, 0.05) is 55.7 Å². The standard InChI is InChI=1S/C46H55N9O7S/c1-61-41-30-34(18-20-37(41)49-46-48-31-35-19-21-38(55(35)50-46)32-13-10-14-33(29-32)51-63(2,59)60)53-26-24-52(25-27-53)23-8-6-4-3-5-7-9-28-62-40-17-11-15-36-42(40)45(58)54(44(36)57)39-16-12-22-47-43(39)56/h10-11,13-15,17-21,29-31,39,51H,3-9,12,16,22-28H2,1-2H3,(H,47,56)(H,49,50). The molecule has 8 rings (SSSR count). The summed E-state index contributed by atoms with van der Waals surface area (Å²) in [5.41, 5.74) is 5.29. The Labute approximate surface area is 368 Å². The number of carbonyl (C=O) groups is 3. The molecule has 0 spiro atoms. The summed E-state index contributed by atoms with van der Waals surface area (Å²) < 4.78 is 39.7. The Morgan fingerprint density at radius 2 is 1.62 bits per heavy atom. The number of piperidine rings is 1. The first-order valence-corrected chi connectivity index (χ1v) is 23.7. The molecule has 16 nitrogen and oxygen atoms in total. The summed E-state index contributed by atoms with van der Waals surface area (Å²) in [7, 11) is -1.76. The van der Waals surface area contributed by atoms with Gasteiger partial charge < -0.3 is 25.0 Å². The van der Waals surface area contributed by atoms with Gasteiger partial charge in [0.05, 0.1) is 54.2 Å². The number of piperazine rings is 1. The molecule has 0 aliphatic carbocycles. The second-order valence-corrected chi connectivity index (χ2v) is 18.1. The molecular weight excluding hydrogens is 823 g/mol. The summed E-state index contributed by atoms with van der Waals surface area (Å²) >= 11 is 0. The molecule has 5 aromatic rings. The Kier molecular flexibility index (Phi) is 13.4. The molecule has 2 saturated heterocycles. The van der Waals surface area contributed by atoms with Crippen LogP contribution in [0.3, 0.4) is 0 Å². The predicted molar refractivity (Wildman–Crippen MR) is 243 cm³/mol. The largest absolute Gasteiger partial charge is 0.494 e. The molecule has 3 aliphatic rings. The highest BCUT2D eigenvalue weighted by molar-refractivity contribution is 7.92. The monoisotopic (exact) mass is 877 g/mol. The van der Waals surface area contributed by atoms with Gasteiger partial charge in [-0.05, 0) is 80.8 Å². The number of aromatic nitrogens is 3. The number of ether oxygens (including phenoxy) is 2. The predicted octanol–water partition coefficient (Wildman–Crippen LogP) is 6.33. The molecule has 2 fully saturated rings. The van der Waals surface area contributed by atoms with Crippen LogP contribution in [0.2, 0.25) is 0 Å². The van der Waals surface area contributed by atoms with Crippen molar-refractivity contribution < 1.29 is 32.3 Å². The second kappa shape index (κ2) is 19.5. The van der Waals surface area contributed by atoms with Crippen molar-refractivity contribution in [1.82, 2.24) is 29.7 Å². The van der Waals surface area contributed by atoms with Gasteiger partial charge in [-0.3, -0.25) is 28.9 Å². The molecule has 332 valence electrons. The summed E-state index contributed by atoms with van der Waals surface area (Å²) in [6.07, 6.45) is 11.8. The molecule has 63 heavy (non-hydrogen) atoms. The average molecular weight is 878 g/mol. The van der Waals surface area contributed by atoms with Gasteiger partial charge in [-0.1, -0.05) is 50.3 Å². The maximum Gasteiger partial charge on any atom is 0.266 e. The van der Waals surface area contributed by atoms with E-state index in [1.807, 2.05) is 30.3 Å². The third-order valence-corrected chi connectivity index (χ3v) is 12.5. The highest BCUT2D eigenvalue weighted by Gasteiger charge is 2.45. The number of unbranched alkanes of at least 4 members (excludes halogenated alkanes) is 6. The third-order valence-electron chi connectivity index (χ3n) is 11.9. The second-order valence-electron chi connectivity index (χ2n) is 16.4. The lowest BCUT2D eigenvalue weighted by Crippen LogP contribution is -2.52. The topological polar surface area (TPSA) is 180 Å². The van der Waals surface area contributed by atoms with E-state index >= 15 is 0 Å². The molecule has 0 saturated carbocycles. The normalized spacial score (nSPS) is 16.9. The quantitative estimate of drug-likeness (QED) is 0.0622. The molecule has 3 N–H and O–H groups in total. The van der Waals surface area contributed by atoms with E-state index in [1.54, 1.807) is 54.2 Å². The molecule has 2 aromatic heterocycles. The van der Waals surface area contributed by atoms with Crippen LogP contribution in [0.15, 0.2) is 79.0 Å². The lowest BCUT2D eigenvalue weighted by molar-refractivity contribution is -0.126. The third kappa shape index (κ3) is 10.2. The van der Waals surface area contributed by atoms with Crippen LogP contribution < -0.4 is 29.7 Å². The van der Waals surface area contributed by atoms with Crippen LogP contribution >= 0.6 is 0 Å². The molecule has 1 atom stereocenters. The summed E-state index contributed by atoms with van der Waals surface area (Å²) in [6.45, 7) is 5.99. The van der Waals surface area contributed by atoms with Crippen molar-refractivity contribution in [2.24, 2.45) is 0 Å². The van der Waals surface area contributed by atoms with Gasteiger partial charge in [0.15, 0.2) is 0 Å². The van der Waals surface area contributed by atoms with Crippen molar-refractivity contribution in [1.29, 1.82) is 0 Å². The minimum Gasteiger partial charge on any atom is -0.494 e. The van der Waals surface area contributed by atoms with Gasteiger partial charge in [-0.25, -0.2) is 17.9 Å². The summed E-state index contributed by atoms with van der Waals surface area (Å²) in [5, 5.41) is 10.8. The maximum atomic E-state index is 13.3. The van der Waals surface area contributed by atoms with Crippen LogP contribution in [-0.4, -0.2) is 116 Å². The Morgan fingerprint density at radius 1 is 0.841 bits per heavy atom. The minimum absolute atomic E-state index is 0.272. The van der Waals surface area contributed by atoms with Crippen molar-refractivity contribution in [2.75, 3.05) is 74.2 Å². The smallest absolute Gasteiger partial charge is 0.266 e. The fourth-order valence-corrected chi connectivity index (χ4v) is 9.20. The minimum atomic E-state index is -3.41. The number of carbonyl (C=O) groups excluding carboxylic acids is 3. The Morgan fingerprint density at radius 3 is 2.40 bits per heavy atom. The summed E-state index contributed by atoms with van der Waals surface area (Å²) in [6, 6.07) is 21.5. The van der Waals surface area contributed by atoms with Crippen molar-refractivity contribution in [3.63, 3.8) is 0 Å². The van der Waals surface area contributed by atoms with Crippen LogP contribution in [0.25, 0.3) is 16.8 Å². The molecular formula is C46H55N9O7S. The molecule has 0 radical (unpaired) electrons.